The molecule has 0 saturated carbocycles. The van der Waals surface area contributed by atoms with Crippen molar-refractivity contribution in [1.82, 2.24) is 19.9 Å². The van der Waals surface area contributed by atoms with E-state index in [0.717, 1.165) is 18.5 Å². The van der Waals surface area contributed by atoms with Gasteiger partial charge in [-0.1, -0.05) is 0 Å². The predicted octanol–water partition coefficient (Wildman–Crippen LogP) is 3.77. The van der Waals surface area contributed by atoms with Gasteiger partial charge in [-0.15, -0.1) is 37.2 Å². The number of nitrogen functional groups attached to an aromatic ring is 2. The SMILES string of the molecule is Cl.Cl.Cl.Nc1nc(-c2nc(-c3ccnc(N)c3F)ccc2O)cc(C2CCOCC2)n1. The second-order valence-corrected chi connectivity index (χ2v) is 6.54. The highest BCUT2D eigenvalue weighted by Gasteiger charge is 2.21. The molecule has 0 bridgehead atoms. The predicted molar refractivity (Wildman–Crippen MR) is 123 cm³/mol. The van der Waals surface area contributed by atoms with Crippen LogP contribution in [0.5, 0.6) is 5.75 Å². The third kappa shape index (κ3) is 5.62. The van der Waals surface area contributed by atoms with Gasteiger partial charge in [-0.2, -0.15) is 0 Å². The Bertz CT molecular complexity index is 1040. The number of halogens is 4. The summed E-state index contributed by atoms with van der Waals surface area (Å²) in [4.78, 5) is 16.7. The molecule has 1 fully saturated rings. The molecule has 31 heavy (non-hydrogen) atoms. The third-order valence-corrected chi connectivity index (χ3v) is 4.71. The Labute approximate surface area is 196 Å². The standard InChI is InChI=1S/C19H19FN6O2.3ClH/c20-16-11(3-6-23-18(16)21)12-1-2-15(27)17(24-12)14-9-13(25-19(22)26-14)10-4-7-28-8-5-10;;;/h1-3,6,9-10,27H,4-5,7-8H2,(H2,21,23)(H2,22,25,26);3*1H. The summed E-state index contributed by atoms with van der Waals surface area (Å²) in [6.07, 6.45) is 3.06. The molecule has 168 valence electrons. The first-order chi connectivity index (χ1) is 13.5. The van der Waals surface area contributed by atoms with Crippen molar-refractivity contribution < 1.29 is 14.2 Å². The minimum absolute atomic E-state index is 0. The number of rotatable bonds is 3. The summed E-state index contributed by atoms with van der Waals surface area (Å²) in [6, 6.07) is 6.16. The van der Waals surface area contributed by atoms with E-state index >= 15 is 0 Å². The van der Waals surface area contributed by atoms with E-state index in [4.69, 9.17) is 16.2 Å². The highest BCUT2D eigenvalue weighted by molar-refractivity contribution is 5.86. The second kappa shape index (κ2) is 11.2. The fourth-order valence-corrected chi connectivity index (χ4v) is 3.26. The molecule has 1 saturated heterocycles. The third-order valence-electron chi connectivity index (χ3n) is 4.71. The van der Waals surface area contributed by atoms with Crippen LogP contribution in [-0.4, -0.2) is 38.3 Å². The zero-order valence-corrected chi connectivity index (χ0v) is 18.6. The molecule has 3 aromatic rings. The van der Waals surface area contributed by atoms with Crippen molar-refractivity contribution in [3.8, 4) is 28.4 Å². The van der Waals surface area contributed by atoms with E-state index in [-0.39, 0.29) is 71.9 Å². The Morgan fingerprint density at radius 1 is 0.968 bits per heavy atom. The van der Waals surface area contributed by atoms with Crippen molar-refractivity contribution in [2.45, 2.75) is 18.8 Å². The number of aromatic hydroxyl groups is 1. The van der Waals surface area contributed by atoms with E-state index in [2.05, 4.69) is 19.9 Å². The lowest BCUT2D eigenvalue weighted by atomic mass is 9.95. The second-order valence-electron chi connectivity index (χ2n) is 6.54. The molecule has 1 aliphatic heterocycles. The summed E-state index contributed by atoms with van der Waals surface area (Å²) in [5.41, 5.74) is 13.3. The first-order valence-electron chi connectivity index (χ1n) is 8.86. The fraction of sp³-hybridized carbons (Fsp3) is 0.263. The van der Waals surface area contributed by atoms with E-state index in [1.54, 1.807) is 6.07 Å². The van der Waals surface area contributed by atoms with Gasteiger partial charge in [-0.05, 0) is 37.1 Å². The van der Waals surface area contributed by atoms with E-state index in [1.165, 1.54) is 24.4 Å². The lowest BCUT2D eigenvalue weighted by Crippen LogP contribution is -2.16. The molecule has 0 spiro atoms. The quantitative estimate of drug-likeness (QED) is 0.504. The van der Waals surface area contributed by atoms with Crippen LogP contribution in [0, 0.1) is 5.82 Å². The van der Waals surface area contributed by atoms with Crippen molar-refractivity contribution in [2.24, 2.45) is 0 Å². The number of hydrogen-bond donors (Lipinski definition) is 3. The van der Waals surface area contributed by atoms with Gasteiger partial charge in [-0.25, -0.2) is 24.3 Å². The molecular weight excluding hydrogens is 470 g/mol. The minimum atomic E-state index is -0.670. The summed E-state index contributed by atoms with van der Waals surface area (Å²) in [5, 5.41) is 10.3. The highest BCUT2D eigenvalue weighted by Crippen LogP contribution is 2.33. The van der Waals surface area contributed by atoms with E-state index in [9.17, 15) is 9.50 Å². The van der Waals surface area contributed by atoms with Gasteiger partial charge in [0.25, 0.3) is 0 Å². The Morgan fingerprint density at radius 2 is 1.68 bits per heavy atom. The topological polar surface area (TPSA) is 133 Å². The van der Waals surface area contributed by atoms with Crippen molar-refractivity contribution in [1.29, 1.82) is 0 Å². The van der Waals surface area contributed by atoms with Crippen LogP contribution in [-0.2, 0) is 4.74 Å². The average molecular weight is 492 g/mol. The summed E-state index contributed by atoms with van der Waals surface area (Å²) < 4.78 is 19.7. The van der Waals surface area contributed by atoms with Crippen molar-refractivity contribution in [3.63, 3.8) is 0 Å². The van der Waals surface area contributed by atoms with Crippen LogP contribution in [0.2, 0.25) is 0 Å². The molecule has 0 atom stereocenters. The number of anilines is 2. The van der Waals surface area contributed by atoms with Gasteiger partial charge in [0.2, 0.25) is 5.95 Å². The molecule has 4 rings (SSSR count). The van der Waals surface area contributed by atoms with Crippen molar-refractivity contribution in [2.75, 3.05) is 24.7 Å². The molecule has 4 heterocycles. The van der Waals surface area contributed by atoms with Crippen molar-refractivity contribution >= 4 is 49.0 Å². The Morgan fingerprint density at radius 3 is 2.39 bits per heavy atom. The normalized spacial score (nSPS) is 13.5. The van der Waals surface area contributed by atoms with Gasteiger partial charge in [-0.3, -0.25) is 0 Å². The molecule has 1 aliphatic rings. The Balaban J connectivity index is 0.00000160. The van der Waals surface area contributed by atoms with Crippen LogP contribution in [0.15, 0.2) is 30.5 Å². The largest absolute Gasteiger partial charge is 0.506 e. The first kappa shape index (κ1) is 26.6. The first-order valence-corrected chi connectivity index (χ1v) is 8.86. The maximum absolute atomic E-state index is 14.3. The van der Waals surface area contributed by atoms with Crippen LogP contribution < -0.4 is 11.5 Å². The maximum Gasteiger partial charge on any atom is 0.220 e. The molecule has 5 N–H and O–H groups in total. The molecule has 0 amide bonds. The highest BCUT2D eigenvalue weighted by atomic mass is 35.5. The number of aromatic nitrogens is 4. The smallest absolute Gasteiger partial charge is 0.220 e. The van der Waals surface area contributed by atoms with Gasteiger partial charge in [0.1, 0.15) is 11.4 Å². The summed E-state index contributed by atoms with van der Waals surface area (Å²) in [5.74, 6) is -0.702. The van der Waals surface area contributed by atoms with Gasteiger partial charge in [0.05, 0.1) is 11.4 Å². The molecule has 12 heteroatoms. The van der Waals surface area contributed by atoms with Gasteiger partial charge < -0.3 is 21.3 Å². The molecule has 0 radical (unpaired) electrons. The van der Waals surface area contributed by atoms with E-state index in [0.29, 0.717) is 24.6 Å². The van der Waals surface area contributed by atoms with E-state index < -0.39 is 5.82 Å². The molecule has 0 unspecified atom stereocenters. The lowest BCUT2D eigenvalue weighted by Gasteiger charge is -2.22. The zero-order chi connectivity index (χ0) is 19.7. The van der Waals surface area contributed by atoms with Gasteiger partial charge in [0, 0.05) is 36.6 Å². The fourth-order valence-electron chi connectivity index (χ4n) is 3.26. The minimum Gasteiger partial charge on any atom is -0.506 e. The molecule has 8 nitrogen and oxygen atoms in total. The molecule has 0 aromatic carbocycles. The van der Waals surface area contributed by atoms with Crippen LogP contribution in [0.1, 0.15) is 24.5 Å². The van der Waals surface area contributed by atoms with Gasteiger partial charge >= 0.3 is 0 Å². The monoisotopic (exact) mass is 490 g/mol. The van der Waals surface area contributed by atoms with Crippen LogP contribution in [0.4, 0.5) is 16.2 Å². The summed E-state index contributed by atoms with van der Waals surface area (Å²) in [6.45, 7) is 1.32. The molecule has 3 aromatic heterocycles. The zero-order valence-electron chi connectivity index (χ0n) is 16.2. The number of ether oxygens (including phenoxy) is 1. The number of nitrogens with zero attached hydrogens (tertiary/aromatic N) is 4. The van der Waals surface area contributed by atoms with Gasteiger partial charge in [0.15, 0.2) is 11.6 Å². The lowest BCUT2D eigenvalue weighted by molar-refractivity contribution is 0.0845. The summed E-state index contributed by atoms with van der Waals surface area (Å²) in [7, 11) is 0. The average Bonchev–Trinajstić information content (AvgIpc) is 2.71. The summed E-state index contributed by atoms with van der Waals surface area (Å²) >= 11 is 0. The Hall–Kier alpha value is -2.46. The number of nitrogens with two attached hydrogens (primary N) is 2. The molecular formula is C19H22Cl3FN6O2. The number of pyridine rings is 2. The van der Waals surface area contributed by atoms with Crippen molar-refractivity contribution in [3.05, 3.63) is 42.0 Å². The number of hydrogen-bond acceptors (Lipinski definition) is 8. The van der Waals surface area contributed by atoms with Crippen LogP contribution in [0.25, 0.3) is 22.6 Å². The Kier molecular flexibility index (Phi) is 9.64. The van der Waals surface area contributed by atoms with Crippen LogP contribution >= 0.6 is 37.2 Å². The van der Waals surface area contributed by atoms with Crippen LogP contribution in [0.3, 0.4) is 0 Å². The molecule has 0 aliphatic carbocycles. The van der Waals surface area contributed by atoms with E-state index in [1.807, 2.05) is 0 Å². The maximum atomic E-state index is 14.3.